The molecule has 1 unspecified atom stereocenters. The molecule has 1 aliphatic heterocycles. The second-order valence-corrected chi connectivity index (χ2v) is 8.06. The molecular formula is C26H28N2O3. The Kier molecular flexibility index (Phi) is 6.51. The Morgan fingerprint density at radius 2 is 1.81 bits per heavy atom. The van der Waals surface area contributed by atoms with Crippen LogP contribution in [0.3, 0.4) is 0 Å². The van der Waals surface area contributed by atoms with Crippen molar-refractivity contribution >= 4 is 22.6 Å². The molecule has 1 fully saturated rings. The van der Waals surface area contributed by atoms with E-state index in [0.717, 1.165) is 40.5 Å². The molecule has 2 amide bonds. The summed E-state index contributed by atoms with van der Waals surface area (Å²) >= 11 is 0. The summed E-state index contributed by atoms with van der Waals surface area (Å²) in [6, 6.07) is 21.9. The van der Waals surface area contributed by atoms with Crippen molar-refractivity contribution in [1.82, 2.24) is 10.2 Å². The van der Waals surface area contributed by atoms with E-state index in [2.05, 4.69) is 23.5 Å². The summed E-state index contributed by atoms with van der Waals surface area (Å²) in [4.78, 5) is 27.6. The zero-order valence-corrected chi connectivity index (χ0v) is 17.8. The first-order chi connectivity index (χ1) is 15.1. The van der Waals surface area contributed by atoms with Gasteiger partial charge in [0.25, 0.3) is 0 Å². The number of amides is 2. The molecular weight excluding hydrogens is 388 g/mol. The average molecular weight is 417 g/mol. The van der Waals surface area contributed by atoms with Crippen LogP contribution in [0, 0.1) is 5.92 Å². The lowest BCUT2D eigenvalue weighted by molar-refractivity contribution is -0.135. The van der Waals surface area contributed by atoms with Crippen molar-refractivity contribution in [1.29, 1.82) is 0 Å². The maximum Gasteiger partial charge on any atom is 0.227 e. The maximum absolute atomic E-state index is 13.0. The third-order valence-electron chi connectivity index (χ3n) is 5.99. The van der Waals surface area contributed by atoms with Gasteiger partial charge in [-0.15, -0.1) is 0 Å². The fourth-order valence-electron chi connectivity index (χ4n) is 4.22. The van der Waals surface area contributed by atoms with Gasteiger partial charge in [0.05, 0.1) is 19.4 Å². The van der Waals surface area contributed by atoms with Crippen molar-refractivity contribution in [2.45, 2.75) is 25.8 Å². The third kappa shape index (κ3) is 5.05. The van der Waals surface area contributed by atoms with Gasteiger partial charge in [-0.3, -0.25) is 9.59 Å². The number of hydrogen-bond acceptors (Lipinski definition) is 3. The van der Waals surface area contributed by atoms with E-state index in [4.69, 9.17) is 4.74 Å². The molecule has 0 aliphatic carbocycles. The molecule has 1 N–H and O–H groups in total. The number of piperidine rings is 1. The molecule has 31 heavy (non-hydrogen) atoms. The first-order valence-electron chi connectivity index (χ1n) is 10.8. The van der Waals surface area contributed by atoms with Gasteiger partial charge in [-0.1, -0.05) is 54.6 Å². The van der Waals surface area contributed by atoms with Crippen molar-refractivity contribution in [2.24, 2.45) is 5.92 Å². The molecule has 3 aromatic rings. The quantitative estimate of drug-likeness (QED) is 0.662. The van der Waals surface area contributed by atoms with E-state index >= 15 is 0 Å². The van der Waals surface area contributed by atoms with Gasteiger partial charge in [0.2, 0.25) is 11.8 Å². The fourth-order valence-corrected chi connectivity index (χ4v) is 4.22. The number of ether oxygens (including phenoxy) is 1. The molecule has 0 radical (unpaired) electrons. The maximum atomic E-state index is 13.0. The molecule has 1 heterocycles. The minimum Gasteiger partial charge on any atom is -0.497 e. The number of methoxy groups -OCH3 is 1. The summed E-state index contributed by atoms with van der Waals surface area (Å²) < 4.78 is 5.17. The van der Waals surface area contributed by atoms with Crippen molar-refractivity contribution in [3.8, 4) is 5.75 Å². The summed E-state index contributed by atoms with van der Waals surface area (Å²) in [5.74, 6) is 0.730. The zero-order valence-electron chi connectivity index (χ0n) is 17.8. The first kappa shape index (κ1) is 20.9. The number of rotatable bonds is 6. The fraction of sp³-hybridized carbons (Fsp3) is 0.308. The Hall–Kier alpha value is -3.34. The molecule has 5 nitrogen and oxygen atoms in total. The minimum atomic E-state index is -0.163. The summed E-state index contributed by atoms with van der Waals surface area (Å²) in [7, 11) is 1.63. The molecule has 0 saturated carbocycles. The molecule has 1 atom stereocenters. The number of fused-ring (bicyclic) bond motifs is 1. The van der Waals surface area contributed by atoms with Crippen LogP contribution in [0.2, 0.25) is 0 Å². The number of carbonyl (C=O) groups is 2. The molecule has 1 saturated heterocycles. The number of benzene rings is 3. The van der Waals surface area contributed by atoms with Crippen LogP contribution >= 0.6 is 0 Å². The van der Waals surface area contributed by atoms with Crippen LogP contribution in [0.4, 0.5) is 0 Å². The summed E-state index contributed by atoms with van der Waals surface area (Å²) in [5.41, 5.74) is 2.06. The van der Waals surface area contributed by atoms with Crippen LogP contribution in [0.5, 0.6) is 5.75 Å². The van der Waals surface area contributed by atoms with E-state index in [-0.39, 0.29) is 17.7 Å². The number of carbonyl (C=O) groups excluding carboxylic acids is 2. The highest BCUT2D eigenvalue weighted by molar-refractivity contribution is 5.90. The summed E-state index contributed by atoms with van der Waals surface area (Å²) in [6.45, 7) is 1.67. The number of nitrogens with one attached hydrogen (secondary N) is 1. The number of nitrogens with zero attached hydrogens (tertiary/aromatic N) is 1. The van der Waals surface area contributed by atoms with Gasteiger partial charge < -0.3 is 15.0 Å². The Morgan fingerprint density at radius 3 is 2.61 bits per heavy atom. The van der Waals surface area contributed by atoms with Crippen molar-refractivity contribution < 1.29 is 14.3 Å². The largest absolute Gasteiger partial charge is 0.497 e. The van der Waals surface area contributed by atoms with Gasteiger partial charge in [-0.2, -0.15) is 0 Å². The molecule has 0 spiro atoms. The molecule has 0 bridgehead atoms. The van der Waals surface area contributed by atoms with Gasteiger partial charge in [-0.25, -0.2) is 0 Å². The van der Waals surface area contributed by atoms with E-state index in [0.29, 0.717) is 26.1 Å². The topological polar surface area (TPSA) is 58.6 Å². The smallest absolute Gasteiger partial charge is 0.227 e. The Bertz CT molecular complexity index is 1060. The predicted octanol–water partition coefficient (Wildman–Crippen LogP) is 3.95. The van der Waals surface area contributed by atoms with E-state index in [1.807, 2.05) is 53.4 Å². The normalized spacial score (nSPS) is 16.2. The first-order valence-corrected chi connectivity index (χ1v) is 10.8. The van der Waals surface area contributed by atoms with Gasteiger partial charge in [0, 0.05) is 19.6 Å². The van der Waals surface area contributed by atoms with Crippen LogP contribution in [-0.4, -0.2) is 36.9 Å². The van der Waals surface area contributed by atoms with E-state index in [1.54, 1.807) is 7.11 Å². The van der Waals surface area contributed by atoms with E-state index in [1.165, 1.54) is 0 Å². The van der Waals surface area contributed by atoms with Crippen molar-refractivity contribution in [3.63, 3.8) is 0 Å². The van der Waals surface area contributed by atoms with Gasteiger partial charge in [0.1, 0.15) is 5.75 Å². The molecule has 5 heteroatoms. The minimum absolute atomic E-state index is 0.0125. The van der Waals surface area contributed by atoms with E-state index < -0.39 is 0 Å². The Labute approximate surface area is 183 Å². The molecule has 3 aromatic carbocycles. The summed E-state index contributed by atoms with van der Waals surface area (Å²) in [6.07, 6.45) is 2.02. The molecule has 0 aromatic heterocycles. The second-order valence-electron chi connectivity index (χ2n) is 8.06. The van der Waals surface area contributed by atoms with Crippen LogP contribution in [0.1, 0.15) is 24.0 Å². The third-order valence-corrected chi connectivity index (χ3v) is 5.99. The molecule has 160 valence electrons. The van der Waals surface area contributed by atoms with Gasteiger partial charge >= 0.3 is 0 Å². The van der Waals surface area contributed by atoms with Crippen LogP contribution in [0.15, 0.2) is 66.7 Å². The molecule has 4 rings (SSSR count). The lowest BCUT2D eigenvalue weighted by Crippen LogP contribution is -2.45. The van der Waals surface area contributed by atoms with Crippen molar-refractivity contribution in [3.05, 3.63) is 77.9 Å². The standard InChI is InChI=1S/C26H28N2O3/c1-31-23-13-11-19(12-14-23)17-27-26(30)22-9-5-15-28(18-22)25(29)16-21-8-4-7-20-6-2-3-10-24(20)21/h2-4,6-8,10-14,22H,5,9,15-18H2,1H3,(H,27,30). The zero-order chi connectivity index (χ0) is 21.6. The predicted molar refractivity (Wildman–Crippen MR) is 122 cm³/mol. The molecule has 1 aliphatic rings. The number of hydrogen-bond donors (Lipinski definition) is 1. The SMILES string of the molecule is COc1ccc(CNC(=O)C2CCCN(C(=O)Cc3cccc4ccccc34)C2)cc1. The Morgan fingerprint density at radius 1 is 1.03 bits per heavy atom. The van der Waals surface area contributed by atoms with Crippen LogP contribution < -0.4 is 10.1 Å². The highest BCUT2D eigenvalue weighted by atomic mass is 16.5. The van der Waals surface area contributed by atoms with Gasteiger partial charge in [-0.05, 0) is 46.9 Å². The highest BCUT2D eigenvalue weighted by Gasteiger charge is 2.28. The van der Waals surface area contributed by atoms with E-state index in [9.17, 15) is 9.59 Å². The van der Waals surface area contributed by atoms with Gasteiger partial charge in [0.15, 0.2) is 0 Å². The lowest BCUT2D eigenvalue weighted by atomic mass is 9.95. The number of likely N-dealkylation sites (tertiary alicyclic amines) is 1. The second kappa shape index (κ2) is 9.65. The highest BCUT2D eigenvalue weighted by Crippen LogP contribution is 2.22. The average Bonchev–Trinajstić information content (AvgIpc) is 2.83. The van der Waals surface area contributed by atoms with Crippen LogP contribution in [-0.2, 0) is 22.6 Å². The monoisotopic (exact) mass is 416 g/mol. The van der Waals surface area contributed by atoms with Crippen LogP contribution in [0.25, 0.3) is 10.8 Å². The lowest BCUT2D eigenvalue weighted by Gasteiger charge is -2.32. The Balaban J connectivity index is 1.34. The van der Waals surface area contributed by atoms with Crippen molar-refractivity contribution in [2.75, 3.05) is 20.2 Å². The summed E-state index contributed by atoms with van der Waals surface area (Å²) in [5, 5.41) is 5.28.